The molecule has 0 aliphatic carbocycles. The molecule has 32 heavy (non-hydrogen) atoms. The number of hydrogen-bond acceptors (Lipinski definition) is 2. The van der Waals surface area contributed by atoms with Gasteiger partial charge in [-0.2, -0.15) is 0 Å². The van der Waals surface area contributed by atoms with Crippen LogP contribution in [0.25, 0.3) is 10.9 Å². The Bertz CT molecular complexity index is 1270. The number of benzene rings is 3. The first-order valence-electron chi connectivity index (χ1n) is 10.5. The van der Waals surface area contributed by atoms with Crippen LogP contribution in [-0.2, 0) is 6.42 Å². The number of nitrogens with zero attached hydrogens (tertiary/aromatic N) is 1. The fourth-order valence-corrected chi connectivity index (χ4v) is 3.74. The van der Waals surface area contributed by atoms with Crippen LogP contribution in [-0.4, -0.2) is 23.4 Å². The quantitative estimate of drug-likeness (QED) is 0.296. The van der Waals surface area contributed by atoms with E-state index in [-0.39, 0.29) is 11.5 Å². The summed E-state index contributed by atoms with van der Waals surface area (Å²) in [4.78, 5) is 20.5. The van der Waals surface area contributed by atoms with Crippen molar-refractivity contribution in [1.82, 2.24) is 10.3 Å². The van der Waals surface area contributed by atoms with Gasteiger partial charge >= 0.3 is 0 Å². The van der Waals surface area contributed by atoms with Crippen LogP contribution >= 0.6 is 0 Å². The molecule has 5 nitrogen and oxygen atoms in total. The molecule has 0 radical (unpaired) electrons. The van der Waals surface area contributed by atoms with Crippen molar-refractivity contribution in [3.8, 4) is 0 Å². The number of nitrogens with one attached hydrogen (secondary N) is 3. The zero-order valence-corrected chi connectivity index (χ0v) is 18.1. The van der Waals surface area contributed by atoms with Crippen LogP contribution in [0.3, 0.4) is 0 Å². The number of halogens is 1. The summed E-state index contributed by atoms with van der Waals surface area (Å²) in [6.45, 7) is 4.46. The number of amides is 1. The Morgan fingerprint density at radius 1 is 1.00 bits per heavy atom. The summed E-state index contributed by atoms with van der Waals surface area (Å²) >= 11 is 0. The van der Waals surface area contributed by atoms with E-state index >= 15 is 0 Å². The van der Waals surface area contributed by atoms with Gasteiger partial charge in [-0.15, -0.1) is 0 Å². The summed E-state index contributed by atoms with van der Waals surface area (Å²) in [5, 5.41) is 7.07. The largest absolute Gasteiger partial charge is 0.361 e. The van der Waals surface area contributed by atoms with Gasteiger partial charge in [-0.3, -0.25) is 15.1 Å². The van der Waals surface area contributed by atoms with Crippen molar-refractivity contribution in [2.45, 2.75) is 20.3 Å². The van der Waals surface area contributed by atoms with E-state index in [9.17, 15) is 9.18 Å². The van der Waals surface area contributed by atoms with Crippen molar-refractivity contribution in [3.05, 3.63) is 101 Å². The normalized spacial score (nSPS) is 11.5. The van der Waals surface area contributed by atoms with Crippen molar-refractivity contribution < 1.29 is 9.18 Å². The second kappa shape index (κ2) is 9.47. The number of carbonyl (C=O) groups excluding carboxylic acids is 1. The van der Waals surface area contributed by atoms with Gasteiger partial charge in [0.2, 0.25) is 5.96 Å². The van der Waals surface area contributed by atoms with Gasteiger partial charge in [0.15, 0.2) is 0 Å². The van der Waals surface area contributed by atoms with E-state index in [1.165, 1.54) is 12.1 Å². The third-order valence-electron chi connectivity index (χ3n) is 5.16. The monoisotopic (exact) mass is 428 g/mol. The van der Waals surface area contributed by atoms with Gasteiger partial charge in [0.25, 0.3) is 5.91 Å². The summed E-state index contributed by atoms with van der Waals surface area (Å²) in [5.41, 5.74) is 5.18. The molecule has 1 aromatic heterocycles. The zero-order chi connectivity index (χ0) is 22.5. The maximum Gasteiger partial charge on any atom is 0.260 e. The van der Waals surface area contributed by atoms with E-state index in [0.29, 0.717) is 13.0 Å². The minimum Gasteiger partial charge on any atom is -0.361 e. The highest BCUT2D eigenvalue weighted by atomic mass is 19.1. The van der Waals surface area contributed by atoms with Crippen LogP contribution in [0.4, 0.5) is 10.1 Å². The molecule has 3 N–H and O–H groups in total. The van der Waals surface area contributed by atoms with Crippen molar-refractivity contribution in [2.24, 2.45) is 4.99 Å². The van der Waals surface area contributed by atoms with Gasteiger partial charge < -0.3 is 10.3 Å². The van der Waals surface area contributed by atoms with Gasteiger partial charge in [-0.05, 0) is 67.3 Å². The van der Waals surface area contributed by atoms with Gasteiger partial charge in [0.1, 0.15) is 5.82 Å². The second-order valence-electron chi connectivity index (χ2n) is 7.78. The first-order chi connectivity index (χ1) is 15.5. The zero-order valence-electron chi connectivity index (χ0n) is 18.1. The molecule has 162 valence electrons. The lowest BCUT2D eigenvalue weighted by atomic mass is 10.1. The highest BCUT2D eigenvalue weighted by Gasteiger charge is 2.14. The molecule has 0 bridgehead atoms. The average Bonchev–Trinajstić information content (AvgIpc) is 3.16. The smallest absolute Gasteiger partial charge is 0.260 e. The summed E-state index contributed by atoms with van der Waals surface area (Å²) < 4.78 is 14.1. The molecule has 0 saturated carbocycles. The Labute approximate surface area is 186 Å². The fourth-order valence-electron chi connectivity index (χ4n) is 3.74. The summed E-state index contributed by atoms with van der Waals surface area (Å²) in [5.74, 6) is -0.844. The lowest BCUT2D eigenvalue weighted by molar-refractivity contribution is 0.0973. The Morgan fingerprint density at radius 2 is 1.72 bits per heavy atom. The Hall–Kier alpha value is -3.93. The molecule has 3 aromatic carbocycles. The number of H-pyrrole nitrogens is 1. The number of fused-ring (bicyclic) bond motifs is 1. The lowest BCUT2D eigenvalue weighted by Gasteiger charge is -2.13. The Balaban J connectivity index is 1.55. The van der Waals surface area contributed by atoms with E-state index in [2.05, 4.69) is 32.7 Å². The number of hydrogen-bond donors (Lipinski definition) is 3. The number of aryl methyl sites for hydroxylation is 2. The van der Waals surface area contributed by atoms with Gasteiger partial charge in [-0.1, -0.05) is 36.4 Å². The Kier molecular flexibility index (Phi) is 6.31. The molecule has 4 rings (SSSR count). The van der Waals surface area contributed by atoms with E-state index in [1.54, 1.807) is 12.1 Å². The Morgan fingerprint density at radius 3 is 2.50 bits per heavy atom. The molecule has 0 saturated heterocycles. The molecule has 0 spiro atoms. The molecular weight excluding hydrogens is 403 g/mol. The minimum absolute atomic E-state index is 0.0287. The molecule has 0 unspecified atom stereocenters. The molecule has 0 atom stereocenters. The van der Waals surface area contributed by atoms with Crippen LogP contribution in [0.1, 0.15) is 27.0 Å². The first kappa shape index (κ1) is 21.3. The van der Waals surface area contributed by atoms with Crippen molar-refractivity contribution in [1.29, 1.82) is 0 Å². The van der Waals surface area contributed by atoms with Gasteiger partial charge in [0, 0.05) is 29.3 Å². The summed E-state index contributed by atoms with van der Waals surface area (Å²) in [6, 6.07) is 20.0. The predicted octanol–water partition coefficient (Wildman–Crippen LogP) is 5.36. The molecule has 0 fully saturated rings. The maximum absolute atomic E-state index is 14.1. The molecule has 1 amide bonds. The second-order valence-corrected chi connectivity index (χ2v) is 7.78. The minimum atomic E-state index is -0.574. The SMILES string of the molecule is Cc1cc(C)cc(NC(=NCCc2c[nH]c3ccccc23)NC(=O)c2ccccc2F)c1. The number of aliphatic imine (C=N–C) groups is 1. The van der Waals surface area contributed by atoms with E-state index < -0.39 is 11.7 Å². The van der Waals surface area contributed by atoms with E-state index in [0.717, 1.165) is 33.3 Å². The molecule has 6 heteroatoms. The highest BCUT2D eigenvalue weighted by molar-refractivity contribution is 6.10. The first-order valence-corrected chi connectivity index (χ1v) is 10.5. The molecule has 1 heterocycles. The van der Waals surface area contributed by atoms with Crippen molar-refractivity contribution in [3.63, 3.8) is 0 Å². The number of para-hydroxylation sites is 1. The van der Waals surface area contributed by atoms with Gasteiger partial charge in [-0.25, -0.2) is 4.39 Å². The average molecular weight is 429 g/mol. The van der Waals surface area contributed by atoms with Crippen molar-refractivity contribution in [2.75, 3.05) is 11.9 Å². The lowest BCUT2D eigenvalue weighted by Crippen LogP contribution is -2.36. The third-order valence-corrected chi connectivity index (χ3v) is 5.16. The molecule has 4 aromatic rings. The molecular formula is C26H25FN4O. The third kappa shape index (κ3) is 5.03. The van der Waals surface area contributed by atoms with E-state index in [4.69, 9.17) is 0 Å². The predicted molar refractivity (Wildman–Crippen MR) is 128 cm³/mol. The molecule has 0 aliphatic rings. The number of guanidine groups is 1. The van der Waals surface area contributed by atoms with Crippen molar-refractivity contribution >= 4 is 28.5 Å². The number of rotatable bonds is 5. The highest BCUT2D eigenvalue weighted by Crippen LogP contribution is 2.18. The van der Waals surface area contributed by atoms with Gasteiger partial charge in [0.05, 0.1) is 5.56 Å². The number of carbonyl (C=O) groups is 1. The topological polar surface area (TPSA) is 69.3 Å². The van der Waals surface area contributed by atoms with Crippen LogP contribution < -0.4 is 10.6 Å². The van der Waals surface area contributed by atoms with Crippen LogP contribution in [0.5, 0.6) is 0 Å². The van der Waals surface area contributed by atoms with Crippen LogP contribution in [0.2, 0.25) is 0 Å². The number of anilines is 1. The van der Waals surface area contributed by atoms with E-state index in [1.807, 2.05) is 50.4 Å². The molecule has 0 aliphatic heterocycles. The van der Waals surface area contributed by atoms with Crippen LogP contribution in [0, 0.1) is 19.7 Å². The van der Waals surface area contributed by atoms with Crippen LogP contribution in [0.15, 0.2) is 77.9 Å². The fraction of sp³-hybridized carbons (Fsp3) is 0.154. The summed E-state index contributed by atoms with van der Waals surface area (Å²) in [6.07, 6.45) is 2.67. The number of aromatic nitrogens is 1. The summed E-state index contributed by atoms with van der Waals surface area (Å²) in [7, 11) is 0. The maximum atomic E-state index is 14.1. The standard InChI is InChI=1S/C26H25FN4O/c1-17-13-18(2)15-20(14-17)30-26(31-25(32)22-8-3-5-9-23(22)27)28-12-11-19-16-29-24-10-6-4-7-21(19)24/h3-10,13-16,29H,11-12H2,1-2H3,(H2,28,30,31,32). The number of aromatic amines is 1.